The first-order valence-corrected chi connectivity index (χ1v) is 12.4. The summed E-state index contributed by atoms with van der Waals surface area (Å²) >= 11 is 1.39. The predicted octanol–water partition coefficient (Wildman–Crippen LogP) is 2.82. The first-order chi connectivity index (χ1) is 14.9. The highest BCUT2D eigenvalue weighted by Gasteiger charge is 2.30. The molecule has 0 spiro atoms. The zero-order valence-electron chi connectivity index (χ0n) is 17.1. The van der Waals surface area contributed by atoms with Crippen molar-refractivity contribution in [2.75, 3.05) is 31.9 Å². The highest BCUT2D eigenvalue weighted by molar-refractivity contribution is 7.99. The molecule has 0 radical (unpaired) electrons. The van der Waals surface area contributed by atoms with Gasteiger partial charge in [0.15, 0.2) is 5.16 Å². The van der Waals surface area contributed by atoms with Gasteiger partial charge < -0.3 is 9.47 Å². The SMILES string of the molecule is CCn1c(SCC(=O)N2CCN(S(=O)(=O)c3cccc(F)c3)CC2)nc2ccccc21. The number of piperazine rings is 1. The fraction of sp³-hybridized carbons (Fsp3) is 0.333. The molecule has 0 saturated carbocycles. The standard InChI is InChI=1S/C21H23FN4O3S2/c1-2-26-19-9-4-3-8-18(19)23-21(26)30-15-20(27)24-10-12-25(13-11-24)31(28,29)17-7-5-6-16(22)14-17/h3-9,14H,2,10-13,15H2,1H3. The van der Waals surface area contributed by atoms with Gasteiger partial charge in [-0.05, 0) is 37.3 Å². The summed E-state index contributed by atoms with van der Waals surface area (Å²) in [6, 6.07) is 12.8. The van der Waals surface area contributed by atoms with Crippen LogP contribution in [0.5, 0.6) is 0 Å². The van der Waals surface area contributed by atoms with Crippen molar-refractivity contribution in [2.24, 2.45) is 0 Å². The van der Waals surface area contributed by atoms with E-state index in [1.54, 1.807) is 4.90 Å². The van der Waals surface area contributed by atoms with Crippen LogP contribution in [0.3, 0.4) is 0 Å². The average Bonchev–Trinajstić information content (AvgIpc) is 3.15. The van der Waals surface area contributed by atoms with E-state index in [1.165, 1.54) is 34.3 Å². The lowest BCUT2D eigenvalue weighted by molar-refractivity contribution is -0.129. The Bertz CT molecular complexity index is 1200. The van der Waals surface area contributed by atoms with Gasteiger partial charge in [0.25, 0.3) is 0 Å². The maximum absolute atomic E-state index is 13.4. The molecule has 1 saturated heterocycles. The molecule has 7 nitrogen and oxygen atoms in total. The fourth-order valence-corrected chi connectivity index (χ4v) is 6.08. The number of carbonyl (C=O) groups is 1. The van der Waals surface area contributed by atoms with Gasteiger partial charge in [0.1, 0.15) is 5.82 Å². The van der Waals surface area contributed by atoms with Crippen molar-refractivity contribution in [3.8, 4) is 0 Å². The second-order valence-electron chi connectivity index (χ2n) is 7.16. The fourth-order valence-electron chi connectivity index (χ4n) is 3.64. The molecule has 1 aromatic heterocycles. The topological polar surface area (TPSA) is 75.5 Å². The number of imidazole rings is 1. The van der Waals surface area contributed by atoms with Crippen molar-refractivity contribution in [1.82, 2.24) is 18.8 Å². The number of halogens is 1. The first kappa shape index (κ1) is 21.8. The minimum absolute atomic E-state index is 0.0532. The molecule has 1 aliphatic rings. The lowest BCUT2D eigenvalue weighted by Crippen LogP contribution is -2.51. The number of carbonyl (C=O) groups excluding carboxylic acids is 1. The Balaban J connectivity index is 1.37. The van der Waals surface area contributed by atoms with Crippen LogP contribution in [0, 0.1) is 5.82 Å². The van der Waals surface area contributed by atoms with E-state index < -0.39 is 15.8 Å². The quantitative estimate of drug-likeness (QED) is 0.527. The largest absolute Gasteiger partial charge is 0.339 e. The molecule has 4 rings (SSSR count). The van der Waals surface area contributed by atoms with Crippen LogP contribution in [-0.4, -0.2) is 65.0 Å². The number of hydrogen-bond acceptors (Lipinski definition) is 5. The lowest BCUT2D eigenvalue weighted by Gasteiger charge is -2.34. The Kier molecular flexibility index (Phi) is 6.31. The summed E-state index contributed by atoms with van der Waals surface area (Å²) in [5, 5.41) is 0.796. The van der Waals surface area contributed by atoms with E-state index in [1.807, 2.05) is 31.2 Å². The van der Waals surface area contributed by atoms with Crippen LogP contribution in [0.4, 0.5) is 4.39 Å². The molecule has 3 aromatic rings. The number of benzene rings is 2. The molecule has 164 valence electrons. The van der Waals surface area contributed by atoms with Crippen LogP contribution < -0.4 is 0 Å². The van der Waals surface area contributed by atoms with Gasteiger partial charge in [-0.15, -0.1) is 0 Å². The van der Waals surface area contributed by atoms with Crippen molar-refractivity contribution in [2.45, 2.75) is 23.5 Å². The molecular formula is C21H23FN4O3S2. The van der Waals surface area contributed by atoms with Gasteiger partial charge in [-0.1, -0.05) is 30.0 Å². The van der Waals surface area contributed by atoms with Crippen molar-refractivity contribution in [1.29, 1.82) is 0 Å². The summed E-state index contributed by atoms with van der Waals surface area (Å²) in [5.41, 5.74) is 1.94. The maximum atomic E-state index is 13.4. The van der Waals surface area contributed by atoms with E-state index in [0.29, 0.717) is 13.1 Å². The molecule has 0 bridgehead atoms. The number of nitrogens with zero attached hydrogens (tertiary/aromatic N) is 4. The second-order valence-corrected chi connectivity index (χ2v) is 10.0. The predicted molar refractivity (Wildman–Crippen MR) is 118 cm³/mol. The van der Waals surface area contributed by atoms with Crippen LogP contribution in [0.15, 0.2) is 58.6 Å². The maximum Gasteiger partial charge on any atom is 0.243 e. The number of fused-ring (bicyclic) bond motifs is 1. The van der Waals surface area contributed by atoms with Gasteiger partial charge in [0.2, 0.25) is 15.9 Å². The van der Waals surface area contributed by atoms with Gasteiger partial charge in [0.05, 0.1) is 21.7 Å². The zero-order chi connectivity index (χ0) is 22.0. The van der Waals surface area contributed by atoms with Gasteiger partial charge in [-0.3, -0.25) is 4.79 Å². The van der Waals surface area contributed by atoms with E-state index in [4.69, 9.17) is 0 Å². The van der Waals surface area contributed by atoms with Crippen molar-refractivity contribution < 1.29 is 17.6 Å². The van der Waals surface area contributed by atoms with E-state index in [2.05, 4.69) is 9.55 Å². The number of aromatic nitrogens is 2. The number of amides is 1. The third kappa shape index (κ3) is 4.46. The number of thioether (sulfide) groups is 1. The number of sulfonamides is 1. The molecule has 0 atom stereocenters. The minimum atomic E-state index is -3.78. The average molecular weight is 463 g/mol. The monoisotopic (exact) mass is 462 g/mol. The van der Waals surface area contributed by atoms with Crippen LogP contribution in [-0.2, 0) is 21.4 Å². The van der Waals surface area contributed by atoms with Crippen molar-refractivity contribution >= 4 is 38.7 Å². The van der Waals surface area contributed by atoms with E-state index in [-0.39, 0.29) is 29.6 Å². The second kappa shape index (κ2) is 8.97. The normalized spacial score (nSPS) is 15.5. The Morgan fingerprint density at radius 2 is 1.84 bits per heavy atom. The summed E-state index contributed by atoms with van der Waals surface area (Å²) in [5.74, 6) is -0.410. The summed E-state index contributed by atoms with van der Waals surface area (Å²) in [4.78, 5) is 18.9. The van der Waals surface area contributed by atoms with Gasteiger partial charge in [0, 0.05) is 32.7 Å². The first-order valence-electron chi connectivity index (χ1n) is 10.0. The Morgan fingerprint density at radius 3 is 2.55 bits per heavy atom. The molecule has 0 unspecified atom stereocenters. The summed E-state index contributed by atoms with van der Waals surface area (Å²) in [6.45, 7) is 3.77. The van der Waals surface area contributed by atoms with Crippen molar-refractivity contribution in [3.05, 3.63) is 54.3 Å². The summed E-state index contributed by atoms with van der Waals surface area (Å²) < 4.78 is 42.3. The molecule has 10 heteroatoms. The minimum Gasteiger partial charge on any atom is -0.339 e. The van der Waals surface area contributed by atoms with E-state index >= 15 is 0 Å². The van der Waals surface area contributed by atoms with E-state index in [0.717, 1.165) is 28.8 Å². The Morgan fingerprint density at radius 1 is 1.10 bits per heavy atom. The molecule has 2 heterocycles. The van der Waals surface area contributed by atoms with Crippen LogP contribution in [0.2, 0.25) is 0 Å². The Labute approximate surface area is 184 Å². The lowest BCUT2D eigenvalue weighted by atomic mass is 10.3. The molecule has 31 heavy (non-hydrogen) atoms. The van der Waals surface area contributed by atoms with Crippen LogP contribution >= 0.6 is 11.8 Å². The molecule has 1 fully saturated rings. The zero-order valence-corrected chi connectivity index (χ0v) is 18.7. The third-order valence-electron chi connectivity index (χ3n) is 5.29. The van der Waals surface area contributed by atoms with Gasteiger partial charge >= 0.3 is 0 Å². The number of para-hydroxylation sites is 2. The molecular weight excluding hydrogens is 439 g/mol. The molecule has 2 aromatic carbocycles. The number of rotatable bonds is 6. The highest BCUT2D eigenvalue weighted by atomic mass is 32.2. The van der Waals surface area contributed by atoms with Crippen LogP contribution in [0.25, 0.3) is 11.0 Å². The molecule has 1 aliphatic heterocycles. The summed E-state index contributed by atoms with van der Waals surface area (Å²) in [7, 11) is -3.78. The number of aryl methyl sites for hydroxylation is 1. The Hall–Kier alpha value is -2.43. The third-order valence-corrected chi connectivity index (χ3v) is 8.14. The number of hydrogen-bond donors (Lipinski definition) is 0. The van der Waals surface area contributed by atoms with E-state index in [9.17, 15) is 17.6 Å². The summed E-state index contributed by atoms with van der Waals surface area (Å²) in [6.07, 6.45) is 0. The molecule has 1 amide bonds. The van der Waals surface area contributed by atoms with Crippen molar-refractivity contribution in [3.63, 3.8) is 0 Å². The highest BCUT2D eigenvalue weighted by Crippen LogP contribution is 2.25. The van der Waals surface area contributed by atoms with Crippen LogP contribution in [0.1, 0.15) is 6.92 Å². The molecule has 0 aliphatic carbocycles. The van der Waals surface area contributed by atoms with Gasteiger partial charge in [-0.2, -0.15) is 4.31 Å². The molecule has 0 N–H and O–H groups in total. The van der Waals surface area contributed by atoms with Gasteiger partial charge in [-0.25, -0.2) is 17.8 Å². The smallest absolute Gasteiger partial charge is 0.243 e.